The van der Waals surface area contributed by atoms with Crippen LogP contribution in [0.5, 0.6) is 0 Å². The van der Waals surface area contributed by atoms with Gasteiger partial charge in [0, 0.05) is 11.8 Å². The van der Waals surface area contributed by atoms with Crippen molar-refractivity contribution in [2.45, 2.75) is 38.1 Å². The number of hydrogen-bond donors (Lipinski definition) is 1. The van der Waals surface area contributed by atoms with E-state index in [1.54, 1.807) is 10.7 Å². The number of carbonyl (C=O) groups is 1. The van der Waals surface area contributed by atoms with Gasteiger partial charge in [0.15, 0.2) is 5.65 Å². The first kappa shape index (κ1) is 15.8. The summed E-state index contributed by atoms with van der Waals surface area (Å²) in [5.41, 5.74) is 2.40. The van der Waals surface area contributed by atoms with Gasteiger partial charge in [-0.2, -0.15) is 5.10 Å². The molecule has 1 saturated carbocycles. The van der Waals surface area contributed by atoms with Gasteiger partial charge in [-0.15, -0.1) is 0 Å². The van der Waals surface area contributed by atoms with Crippen LogP contribution in [0, 0.1) is 5.92 Å². The maximum Gasteiger partial charge on any atom is 0.251 e. The Kier molecular flexibility index (Phi) is 4.46. The average molecular weight is 334 g/mol. The van der Waals surface area contributed by atoms with E-state index in [1.807, 2.05) is 48.7 Å². The fraction of sp³-hybridized carbons (Fsp3) is 0.350. The first-order valence-corrected chi connectivity index (χ1v) is 8.97. The lowest BCUT2D eigenvalue weighted by Gasteiger charge is -2.29. The molecule has 1 aliphatic carbocycles. The zero-order valence-corrected chi connectivity index (χ0v) is 14.1. The third-order valence-corrected chi connectivity index (χ3v) is 5.02. The summed E-state index contributed by atoms with van der Waals surface area (Å²) in [5, 5.41) is 7.55. The molecule has 2 aromatic heterocycles. The number of amides is 1. The minimum atomic E-state index is -0.0743. The molecule has 0 saturated heterocycles. The van der Waals surface area contributed by atoms with Crippen LogP contribution in [0.4, 0.5) is 0 Å². The predicted octanol–water partition coefficient (Wildman–Crippen LogP) is 3.78. The maximum atomic E-state index is 12.7. The van der Waals surface area contributed by atoms with Crippen LogP contribution in [-0.2, 0) is 0 Å². The Balaban J connectivity index is 1.65. The van der Waals surface area contributed by atoms with Gasteiger partial charge < -0.3 is 5.32 Å². The zero-order valence-electron chi connectivity index (χ0n) is 14.1. The fourth-order valence-corrected chi connectivity index (χ4v) is 3.71. The highest BCUT2D eigenvalue weighted by molar-refractivity contribution is 5.94. The fourth-order valence-electron chi connectivity index (χ4n) is 3.71. The second-order valence-electron chi connectivity index (χ2n) is 6.71. The van der Waals surface area contributed by atoms with E-state index >= 15 is 0 Å². The van der Waals surface area contributed by atoms with Gasteiger partial charge in [-0.3, -0.25) is 4.79 Å². The molecule has 3 aromatic rings. The van der Waals surface area contributed by atoms with Crippen molar-refractivity contribution in [2.24, 2.45) is 5.92 Å². The molecular weight excluding hydrogens is 312 g/mol. The lowest BCUT2D eigenvalue weighted by molar-refractivity contribution is 0.0911. The lowest BCUT2D eigenvalue weighted by Crippen LogP contribution is -2.34. The molecule has 1 aromatic carbocycles. The summed E-state index contributed by atoms with van der Waals surface area (Å²) in [5.74, 6) is 0.382. The molecule has 1 amide bonds. The third-order valence-electron chi connectivity index (χ3n) is 5.02. The van der Waals surface area contributed by atoms with E-state index in [0.717, 1.165) is 24.2 Å². The molecule has 0 spiro atoms. The lowest BCUT2D eigenvalue weighted by atomic mass is 9.82. The summed E-state index contributed by atoms with van der Waals surface area (Å²) in [4.78, 5) is 17.4. The summed E-state index contributed by atoms with van der Waals surface area (Å²) in [6.07, 6.45) is 9.66. The van der Waals surface area contributed by atoms with Crippen molar-refractivity contribution < 1.29 is 4.79 Å². The number of imidazole rings is 1. The molecule has 25 heavy (non-hydrogen) atoms. The van der Waals surface area contributed by atoms with Crippen LogP contribution in [0.3, 0.4) is 0 Å². The predicted molar refractivity (Wildman–Crippen MR) is 96.2 cm³/mol. The second-order valence-corrected chi connectivity index (χ2v) is 6.71. The Hall–Kier alpha value is -2.69. The molecule has 4 rings (SSSR count). The van der Waals surface area contributed by atoms with E-state index in [9.17, 15) is 4.79 Å². The minimum Gasteiger partial charge on any atom is -0.343 e. The van der Waals surface area contributed by atoms with Crippen LogP contribution in [-0.4, -0.2) is 20.5 Å². The maximum absolute atomic E-state index is 12.7. The molecule has 128 valence electrons. The van der Waals surface area contributed by atoms with Crippen molar-refractivity contribution in [3.8, 4) is 0 Å². The van der Waals surface area contributed by atoms with Crippen molar-refractivity contribution in [3.05, 3.63) is 66.1 Å². The van der Waals surface area contributed by atoms with E-state index in [1.165, 1.54) is 19.3 Å². The van der Waals surface area contributed by atoms with Crippen molar-refractivity contribution >= 4 is 11.6 Å². The van der Waals surface area contributed by atoms with E-state index in [0.29, 0.717) is 11.5 Å². The number of hydrogen-bond acceptors (Lipinski definition) is 3. The minimum absolute atomic E-state index is 0.0406. The van der Waals surface area contributed by atoms with Gasteiger partial charge in [-0.05, 0) is 43.0 Å². The number of benzene rings is 1. The smallest absolute Gasteiger partial charge is 0.251 e. The molecule has 0 radical (unpaired) electrons. The first-order valence-electron chi connectivity index (χ1n) is 8.97. The summed E-state index contributed by atoms with van der Waals surface area (Å²) in [6.45, 7) is 0. The highest BCUT2D eigenvalue weighted by Crippen LogP contribution is 2.34. The summed E-state index contributed by atoms with van der Waals surface area (Å²) in [7, 11) is 0. The van der Waals surface area contributed by atoms with Gasteiger partial charge in [-0.25, -0.2) is 9.50 Å². The number of carbonyl (C=O) groups excluding carboxylic acids is 1. The molecule has 5 nitrogen and oxygen atoms in total. The molecule has 1 aliphatic rings. The molecule has 5 heteroatoms. The monoisotopic (exact) mass is 334 g/mol. The first-order chi connectivity index (χ1) is 12.3. The Bertz CT molecular complexity index is 819. The van der Waals surface area contributed by atoms with E-state index < -0.39 is 0 Å². The quantitative estimate of drug-likeness (QED) is 0.790. The Morgan fingerprint density at radius 1 is 1.08 bits per heavy atom. The molecule has 0 unspecified atom stereocenters. The average Bonchev–Trinajstić information content (AvgIpc) is 3.11. The Morgan fingerprint density at radius 2 is 1.88 bits per heavy atom. The van der Waals surface area contributed by atoms with E-state index in [-0.39, 0.29) is 11.9 Å². The van der Waals surface area contributed by atoms with Crippen molar-refractivity contribution in [2.75, 3.05) is 0 Å². The highest BCUT2D eigenvalue weighted by Gasteiger charge is 2.29. The summed E-state index contributed by atoms with van der Waals surface area (Å²) in [6, 6.07) is 13.1. The third kappa shape index (κ3) is 3.40. The van der Waals surface area contributed by atoms with Crippen molar-refractivity contribution in [1.82, 2.24) is 19.9 Å². The molecule has 1 N–H and O–H groups in total. The normalized spacial score (nSPS) is 16.6. The molecular formula is C20H22N4O. The van der Waals surface area contributed by atoms with E-state index in [2.05, 4.69) is 10.4 Å². The molecule has 1 atom stereocenters. The Labute approximate surface area is 147 Å². The number of fused-ring (bicyclic) bond motifs is 1. The molecule has 2 heterocycles. The van der Waals surface area contributed by atoms with Crippen LogP contribution < -0.4 is 5.32 Å². The van der Waals surface area contributed by atoms with Crippen molar-refractivity contribution in [1.29, 1.82) is 0 Å². The number of rotatable bonds is 4. The van der Waals surface area contributed by atoms with Gasteiger partial charge in [0.1, 0.15) is 0 Å². The largest absolute Gasteiger partial charge is 0.343 e. The number of nitrogens with one attached hydrogen (secondary N) is 1. The van der Waals surface area contributed by atoms with Gasteiger partial charge >= 0.3 is 0 Å². The van der Waals surface area contributed by atoms with Gasteiger partial charge in [0.25, 0.3) is 5.91 Å². The zero-order chi connectivity index (χ0) is 17.1. The van der Waals surface area contributed by atoms with Crippen LogP contribution in [0.2, 0.25) is 0 Å². The summed E-state index contributed by atoms with van der Waals surface area (Å²) < 4.78 is 1.78. The van der Waals surface area contributed by atoms with Gasteiger partial charge in [0.05, 0.1) is 17.9 Å². The highest BCUT2D eigenvalue weighted by atomic mass is 16.1. The topological polar surface area (TPSA) is 59.3 Å². The van der Waals surface area contributed by atoms with Crippen LogP contribution in [0.25, 0.3) is 5.65 Å². The Morgan fingerprint density at radius 3 is 2.64 bits per heavy atom. The molecule has 1 fully saturated rings. The van der Waals surface area contributed by atoms with Crippen LogP contribution in [0.1, 0.15) is 54.2 Å². The van der Waals surface area contributed by atoms with Gasteiger partial charge in [-0.1, -0.05) is 37.5 Å². The van der Waals surface area contributed by atoms with E-state index in [4.69, 9.17) is 4.98 Å². The van der Waals surface area contributed by atoms with Gasteiger partial charge in [0.2, 0.25) is 0 Å². The van der Waals surface area contributed by atoms with Crippen molar-refractivity contribution in [3.63, 3.8) is 0 Å². The van der Waals surface area contributed by atoms with Crippen LogP contribution in [0.15, 0.2) is 54.9 Å². The molecule has 0 bridgehead atoms. The molecule has 0 aliphatic heterocycles. The second kappa shape index (κ2) is 7.05. The van der Waals surface area contributed by atoms with Crippen LogP contribution >= 0.6 is 0 Å². The SMILES string of the molecule is O=C(N[C@H](c1cn2ncccc2n1)C1CCCCC1)c1ccccc1. The standard InChI is InChI=1S/C20H22N4O/c25-20(16-10-5-2-6-11-16)23-19(15-8-3-1-4-9-15)17-14-24-18(22-17)12-7-13-21-24/h2,5-7,10-15,19H,1,3-4,8-9H2,(H,23,25)/t19-/m0/s1. The number of aromatic nitrogens is 3. The summed E-state index contributed by atoms with van der Waals surface area (Å²) >= 11 is 0. The number of nitrogens with zero attached hydrogens (tertiary/aromatic N) is 3.